The maximum absolute atomic E-state index is 12.0. The highest BCUT2D eigenvalue weighted by Gasteiger charge is 2.32. The van der Waals surface area contributed by atoms with Crippen LogP contribution in [0.25, 0.3) is 0 Å². The van der Waals surface area contributed by atoms with Crippen molar-refractivity contribution in [3.63, 3.8) is 0 Å². The molecule has 0 N–H and O–H groups in total. The highest BCUT2D eigenvalue weighted by Crippen LogP contribution is 2.30. The zero-order valence-electron chi connectivity index (χ0n) is 18.2. The Morgan fingerprint density at radius 1 is 0.966 bits per heavy atom. The molecule has 1 aliphatic carbocycles. The van der Waals surface area contributed by atoms with Gasteiger partial charge in [-0.15, -0.1) is 0 Å². The summed E-state index contributed by atoms with van der Waals surface area (Å²) in [6, 6.07) is 5.27. The Kier molecular flexibility index (Phi) is 15.3. The highest BCUT2D eigenvalue weighted by atomic mass is 19.4. The van der Waals surface area contributed by atoms with Gasteiger partial charge in [-0.3, -0.25) is 20.1 Å². The average molecular weight is 416 g/mol. The number of aromatic nitrogens is 2. The largest absolute Gasteiger partial charge is 0.418 e. The Labute approximate surface area is 171 Å². The van der Waals surface area contributed by atoms with E-state index in [4.69, 9.17) is 0 Å². The first kappa shape index (κ1) is 28.7. The molecule has 164 valence electrons. The summed E-state index contributed by atoms with van der Waals surface area (Å²) < 4.78 is 36.0. The van der Waals surface area contributed by atoms with Gasteiger partial charge in [-0.2, -0.15) is 13.2 Å². The molecule has 0 saturated heterocycles. The third kappa shape index (κ3) is 13.3. The minimum absolute atomic E-state index is 0.0139. The number of aryl methyl sites for hydroxylation is 2. The smallest absolute Gasteiger partial charge is 0.261 e. The number of pyridine rings is 2. The molecule has 1 aliphatic rings. The summed E-state index contributed by atoms with van der Waals surface area (Å²) in [6.07, 6.45) is 1.56. The van der Waals surface area contributed by atoms with Crippen molar-refractivity contribution in [1.29, 1.82) is 0 Å². The van der Waals surface area contributed by atoms with Crippen LogP contribution in [0.4, 0.5) is 18.9 Å². The minimum Gasteiger partial charge on any atom is -0.261 e. The van der Waals surface area contributed by atoms with E-state index < -0.39 is 16.7 Å². The molecule has 1 fully saturated rings. The first-order valence-electron chi connectivity index (χ1n) is 9.67. The summed E-state index contributed by atoms with van der Waals surface area (Å²) in [4.78, 5) is 17.0. The number of nitro groups is 1. The van der Waals surface area contributed by atoms with E-state index in [1.807, 2.05) is 27.7 Å². The molecule has 3 rings (SSSR count). The van der Waals surface area contributed by atoms with Gasteiger partial charge in [-0.1, -0.05) is 47.5 Å². The fraction of sp³-hybridized carbons (Fsp3) is 0.524. The molecule has 1 saturated carbocycles. The first-order valence-corrected chi connectivity index (χ1v) is 9.67. The van der Waals surface area contributed by atoms with Crippen LogP contribution in [-0.4, -0.2) is 14.9 Å². The molecule has 0 aliphatic heterocycles. The summed E-state index contributed by atoms with van der Waals surface area (Å²) in [5.74, 6) is 1.08. The molecule has 0 radical (unpaired) electrons. The van der Waals surface area contributed by atoms with Gasteiger partial charge in [0, 0.05) is 24.2 Å². The summed E-state index contributed by atoms with van der Waals surface area (Å²) in [5, 5.41) is 10.2. The van der Waals surface area contributed by atoms with E-state index >= 15 is 0 Å². The van der Waals surface area contributed by atoms with Crippen molar-refractivity contribution in [2.45, 2.75) is 67.5 Å². The minimum atomic E-state index is -4.28. The van der Waals surface area contributed by atoms with Crippen LogP contribution in [0, 0.1) is 29.9 Å². The summed E-state index contributed by atoms with van der Waals surface area (Å²) in [5.41, 5.74) is -0.130. The molecule has 2 aromatic rings. The molecule has 29 heavy (non-hydrogen) atoms. The highest BCUT2D eigenvalue weighted by molar-refractivity contribution is 5.32. The lowest BCUT2D eigenvalue weighted by Crippen LogP contribution is -2.07. The summed E-state index contributed by atoms with van der Waals surface area (Å²) in [6.45, 7) is 13.2. The number of hydrogen-bond acceptors (Lipinski definition) is 4. The topological polar surface area (TPSA) is 68.9 Å². The van der Waals surface area contributed by atoms with Gasteiger partial charge in [0.15, 0.2) is 0 Å². The Hall–Kier alpha value is -2.51. The van der Waals surface area contributed by atoms with Crippen molar-refractivity contribution in [2.24, 2.45) is 5.92 Å². The number of halogens is 3. The fourth-order valence-corrected chi connectivity index (χ4v) is 1.62. The lowest BCUT2D eigenvalue weighted by molar-refractivity contribution is -0.385. The van der Waals surface area contributed by atoms with Gasteiger partial charge in [-0.25, -0.2) is 0 Å². The molecule has 0 bridgehead atoms. The normalized spacial score (nSPS) is 11.7. The van der Waals surface area contributed by atoms with Gasteiger partial charge in [0.25, 0.3) is 5.69 Å². The SMILES string of the molecule is CC.CC.CC1CC1.Cc1ncccc1C(F)(F)F.Cc1ncccc1[N+](=O)[O-]. The Morgan fingerprint density at radius 2 is 1.38 bits per heavy atom. The Bertz CT molecular complexity index is 704. The van der Waals surface area contributed by atoms with Crippen molar-refractivity contribution < 1.29 is 18.1 Å². The van der Waals surface area contributed by atoms with Crippen LogP contribution < -0.4 is 0 Å². The van der Waals surface area contributed by atoms with Crippen LogP contribution in [0.2, 0.25) is 0 Å². The summed E-state index contributed by atoms with van der Waals surface area (Å²) >= 11 is 0. The van der Waals surface area contributed by atoms with Crippen LogP contribution in [0.1, 0.15) is 64.4 Å². The van der Waals surface area contributed by atoms with Crippen molar-refractivity contribution in [3.05, 3.63) is 63.7 Å². The number of rotatable bonds is 1. The average Bonchev–Trinajstić information content (AvgIpc) is 3.48. The molecule has 8 heteroatoms. The van der Waals surface area contributed by atoms with E-state index in [9.17, 15) is 23.3 Å². The molecule has 0 atom stereocenters. The molecule has 0 spiro atoms. The van der Waals surface area contributed by atoms with E-state index in [1.165, 1.54) is 44.3 Å². The number of hydrogen-bond donors (Lipinski definition) is 0. The molecule has 2 heterocycles. The number of nitrogens with zero attached hydrogens (tertiary/aromatic N) is 3. The zero-order chi connectivity index (χ0) is 23.0. The van der Waals surface area contributed by atoms with Crippen molar-refractivity contribution in [1.82, 2.24) is 9.97 Å². The van der Waals surface area contributed by atoms with Crippen LogP contribution >= 0.6 is 0 Å². The molecular weight excluding hydrogens is 383 g/mol. The predicted octanol–water partition coefficient (Wildman–Crippen LogP) is 7.18. The molecule has 2 aromatic heterocycles. The lowest BCUT2D eigenvalue weighted by atomic mass is 10.2. The van der Waals surface area contributed by atoms with Gasteiger partial charge in [0.1, 0.15) is 5.69 Å². The van der Waals surface area contributed by atoms with Crippen LogP contribution in [0.3, 0.4) is 0 Å². The van der Waals surface area contributed by atoms with E-state index in [0.717, 1.165) is 12.0 Å². The Morgan fingerprint density at radius 3 is 1.62 bits per heavy atom. The predicted molar refractivity (Wildman–Crippen MR) is 111 cm³/mol. The third-order valence-electron chi connectivity index (χ3n) is 3.35. The second-order valence-corrected chi connectivity index (χ2v) is 5.68. The maximum atomic E-state index is 12.0. The van der Waals surface area contributed by atoms with Gasteiger partial charge in [0.2, 0.25) is 0 Å². The van der Waals surface area contributed by atoms with Crippen molar-refractivity contribution in [3.8, 4) is 0 Å². The van der Waals surface area contributed by atoms with Crippen molar-refractivity contribution >= 4 is 5.69 Å². The van der Waals surface area contributed by atoms with Crippen LogP contribution in [-0.2, 0) is 6.18 Å². The van der Waals surface area contributed by atoms with Crippen molar-refractivity contribution in [2.75, 3.05) is 0 Å². The second kappa shape index (κ2) is 15.4. The van der Waals surface area contributed by atoms with Gasteiger partial charge >= 0.3 is 6.18 Å². The van der Waals surface area contributed by atoms with E-state index in [0.29, 0.717) is 5.69 Å². The van der Waals surface area contributed by atoms with Gasteiger partial charge < -0.3 is 0 Å². The first-order chi connectivity index (χ1) is 13.6. The van der Waals surface area contributed by atoms with Gasteiger partial charge in [0.05, 0.1) is 10.5 Å². The standard InChI is InChI=1S/C7H6F3N.C6H6N2O2.C4H8.2C2H6/c1-5-6(7(8,9)10)3-2-4-11-5;1-5-6(8(9)10)3-2-4-7-5;1-4-2-3-4;2*1-2/h2-4H,1H3;2-4H,1H3;4H,2-3H2,1H3;2*1-2H3. The maximum Gasteiger partial charge on any atom is 0.418 e. The molecule has 5 nitrogen and oxygen atoms in total. The molecule has 0 amide bonds. The molecule has 0 aromatic carbocycles. The fourth-order valence-electron chi connectivity index (χ4n) is 1.62. The number of alkyl halides is 3. The monoisotopic (exact) mass is 415 g/mol. The zero-order valence-corrected chi connectivity index (χ0v) is 18.2. The molecule has 0 unspecified atom stereocenters. The second-order valence-electron chi connectivity index (χ2n) is 5.68. The summed E-state index contributed by atoms with van der Waals surface area (Å²) in [7, 11) is 0. The van der Waals surface area contributed by atoms with Crippen LogP contribution in [0.15, 0.2) is 36.7 Å². The Balaban J connectivity index is 0. The third-order valence-corrected chi connectivity index (χ3v) is 3.35. The van der Waals surface area contributed by atoms with E-state index in [-0.39, 0.29) is 11.4 Å². The quantitative estimate of drug-likeness (QED) is 0.365. The van der Waals surface area contributed by atoms with E-state index in [1.54, 1.807) is 13.0 Å². The van der Waals surface area contributed by atoms with Crippen LogP contribution in [0.5, 0.6) is 0 Å². The lowest BCUT2D eigenvalue weighted by Gasteiger charge is -2.07. The van der Waals surface area contributed by atoms with E-state index in [2.05, 4.69) is 16.9 Å². The molecular formula is C21H32F3N3O2. The van der Waals surface area contributed by atoms with Gasteiger partial charge in [-0.05, 0) is 38.0 Å².